The molecular weight excluding hydrogens is 487 g/mol. The van der Waals surface area contributed by atoms with Crippen LogP contribution < -0.4 is 15.4 Å². The van der Waals surface area contributed by atoms with E-state index < -0.39 is 25.0 Å². The molecular formula is C22H25F5N8O. The first-order chi connectivity index (χ1) is 17.0. The van der Waals surface area contributed by atoms with Gasteiger partial charge in [0.15, 0.2) is 5.65 Å². The molecule has 2 aliphatic heterocycles. The Morgan fingerprint density at radius 1 is 1.06 bits per heavy atom. The van der Waals surface area contributed by atoms with Gasteiger partial charge >= 0.3 is 6.18 Å². The van der Waals surface area contributed by atoms with E-state index in [1.54, 1.807) is 14.0 Å². The molecule has 194 valence electrons. The monoisotopic (exact) mass is 512 g/mol. The normalized spacial score (nSPS) is 18.2. The average Bonchev–Trinajstić information content (AvgIpc) is 3.40. The van der Waals surface area contributed by atoms with Crippen molar-refractivity contribution >= 4 is 22.7 Å². The second-order valence-electron chi connectivity index (χ2n) is 9.55. The molecule has 0 aromatic carbocycles. The van der Waals surface area contributed by atoms with Gasteiger partial charge in [-0.1, -0.05) is 0 Å². The second kappa shape index (κ2) is 8.66. The van der Waals surface area contributed by atoms with Gasteiger partial charge in [-0.15, -0.1) is 0 Å². The molecule has 0 saturated carbocycles. The molecule has 2 saturated heterocycles. The van der Waals surface area contributed by atoms with E-state index in [2.05, 4.69) is 20.1 Å². The van der Waals surface area contributed by atoms with E-state index in [1.807, 2.05) is 9.80 Å². The van der Waals surface area contributed by atoms with Crippen LogP contribution in [-0.2, 0) is 19.8 Å². The number of piperidine rings is 1. The van der Waals surface area contributed by atoms with Crippen LogP contribution in [0.25, 0.3) is 11.0 Å². The van der Waals surface area contributed by atoms with Crippen LogP contribution in [0.1, 0.15) is 30.8 Å². The molecule has 1 spiro atoms. The SMILES string of the molecule is Cc1nc(C(F)(F)F)ncc1N1CCC2(CCN(c3nc4c(cnn4CC(F)F)c(=O)n3C)CC2)C1. The largest absolute Gasteiger partial charge is 0.451 e. The predicted octanol–water partition coefficient (Wildman–Crippen LogP) is 3.01. The zero-order valence-electron chi connectivity index (χ0n) is 19.8. The van der Waals surface area contributed by atoms with Crippen LogP contribution >= 0.6 is 0 Å². The van der Waals surface area contributed by atoms with Crippen molar-refractivity contribution < 1.29 is 22.0 Å². The molecule has 36 heavy (non-hydrogen) atoms. The third-order valence-corrected chi connectivity index (χ3v) is 7.26. The quantitative estimate of drug-likeness (QED) is 0.497. The fraction of sp³-hybridized carbons (Fsp3) is 0.591. The number of fused-ring (bicyclic) bond motifs is 1. The predicted molar refractivity (Wildman–Crippen MR) is 121 cm³/mol. The molecule has 14 heteroatoms. The molecule has 2 aliphatic rings. The summed E-state index contributed by atoms with van der Waals surface area (Å²) >= 11 is 0. The van der Waals surface area contributed by atoms with Crippen molar-refractivity contribution in [3.05, 3.63) is 34.3 Å². The zero-order chi connectivity index (χ0) is 25.8. The van der Waals surface area contributed by atoms with E-state index in [0.29, 0.717) is 43.5 Å². The molecule has 0 N–H and O–H groups in total. The minimum Gasteiger partial charge on any atom is -0.368 e. The Balaban J connectivity index is 1.32. The minimum absolute atomic E-state index is 0.0357. The molecule has 5 rings (SSSR count). The highest BCUT2D eigenvalue weighted by Crippen LogP contribution is 2.43. The number of nitrogens with zero attached hydrogens (tertiary/aromatic N) is 8. The van der Waals surface area contributed by atoms with E-state index >= 15 is 0 Å². The molecule has 3 aromatic rings. The number of hydrogen-bond acceptors (Lipinski definition) is 7. The van der Waals surface area contributed by atoms with Crippen LogP contribution in [0.3, 0.4) is 0 Å². The Kier molecular flexibility index (Phi) is 5.86. The van der Waals surface area contributed by atoms with Gasteiger partial charge < -0.3 is 9.80 Å². The van der Waals surface area contributed by atoms with E-state index in [1.165, 1.54) is 17.0 Å². The molecule has 2 fully saturated rings. The molecule has 3 aromatic heterocycles. The number of hydrogen-bond donors (Lipinski definition) is 0. The van der Waals surface area contributed by atoms with E-state index in [-0.39, 0.29) is 22.0 Å². The van der Waals surface area contributed by atoms with Crippen LogP contribution in [0.2, 0.25) is 0 Å². The third kappa shape index (κ3) is 4.26. The highest BCUT2D eigenvalue weighted by molar-refractivity contribution is 5.74. The summed E-state index contributed by atoms with van der Waals surface area (Å²) in [5.74, 6) is -0.740. The van der Waals surface area contributed by atoms with Crippen molar-refractivity contribution in [3.63, 3.8) is 0 Å². The maximum absolute atomic E-state index is 12.9. The van der Waals surface area contributed by atoms with Crippen LogP contribution in [0, 0.1) is 12.3 Å². The lowest BCUT2D eigenvalue weighted by atomic mass is 9.78. The molecule has 0 aliphatic carbocycles. The summed E-state index contributed by atoms with van der Waals surface area (Å²) in [4.78, 5) is 28.5. The Hall–Kier alpha value is -3.32. The van der Waals surface area contributed by atoms with Crippen molar-refractivity contribution in [3.8, 4) is 0 Å². The number of halogens is 5. The molecule has 0 radical (unpaired) electrons. The van der Waals surface area contributed by atoms with Gasteiger partial charge in [-0.2, -0.15) is 23.3 Å². The van der Waals surface area contributed by atoms with Crippen LogP contribution in [0.15, 0.2) is 17.2 Å². The van der Waals surface area contributed by atoms with Gasteiger partial charge in [-0.05, 0) is 31.6 Å². The van der Waals surface area contributed by atoms with Crippen molar-refractivity contribution in [2.45, 2.75) is 45.3 Å². The summed E-state index contributed by atoms with van der Waals surface area (Å²) < 4.78 is 67.1. The smallest absolute Gasteiger partial charge is 0.368 e. The van der Waals surface area contributed by atoms with Crippen molar-refractivity contribution in [1.82, 2.24) is 29.3 Å². The van der Waals surface area contributed by atoms with Crippen LogP contribution in [-0.4, -0.2) is 61.9 Å². The van der Waals surface area contributed by atoms with Gasteiger partial charge in [0.2, 0.25) is 11.8 Å². The van der Waals surface area contributed by atoms with Crippen LogP contribution in [0.4, 0.5) is 33.6 Å². The highest BCUT2D eigenvalue weighted by atomic mass is 19.4. The van der Waals surface area contributed by atoms with Crippen molar-refractivity contribution in [2.75, 3.05) is 36.0 Å². The molecule has 0 bridgehead atoms. The first-order valence-corrected chi connectivity index (χ1v) is 11.6. The number of aryl methyl sites for hydroxylation is 1. The summed E-state index contributed by atoms with van der Waals surface area (Å²) in [7, 11) is 1.60. The fourth-order valence-corrected chi connectivity index (χ4v) is 5.27. The molecule has 0 atom stereocenters. The number of anilines is 2. The summed E-state index contributed by atoms with van der Waals surface area (Å²) in [5.41, 5.74) is 0.648. The Morgan fingerprint density at radius 3 is 2.33 bits per heavy atom. The number of rotatable bonds is 4. The molecule has 5 heterocycles. The Morgan fingerprint density at radius 2 is 1.72 bits per heavy atom. The first kappa shape index (κ1) is 24.4. The van der Waals surface area contributed by atoms with Crippen molar-refractivity contribution in [1.29, 1.82) is 0 Å². The first-order valence-electron chi connectivity index (χ1n) is 11.6. The lowest BCUT2D eigenvalue weighted by Crippen LogP contribution is -2.44. The summed E-state index contributed by atoms with van der Waals surface area (Å²) in [5, 5.41) is 4.10. The Labute approximate surface area is 202 Å². The topological polar surface area (TPSA) is 85.0 Å². The lowest BCUT2D eigenvalue weighted by molar-refractivity contribution is -0.145. The van der Waals surface area contributed by atoms with Gasteiger partial charge in [0.25, 0.3) is 12.0 Å². The van der Waals surface area contributed by atoms with E-state index in [0.717, 1.165) is 23.9 Å². The van der Waals surface area contributed by atoms with Gasteiger partial charge in [0.1, 0.15) is 11.9 Å². The number of aromatic nitrogens is 6. The summed E-state index contributed by atoms with van der Waals surface area (Å²) in [6, 6.07) is 0. The van der Waals surface area contributed by atoms with Crippen molar-refractivity contribution in [2.24, 2.45) is 12.5 Å². The maximum Gasteiger partial charge on any atom is 0.451 e. The Bertz CT molecular complexity index is 1340. The molecule has 0 amide bonds. The molecule has 0 unspecified atom stereocenters. The van der Waals surface area contributed by atoms with Gasteiger partial charge in [0.05, 0.1) is 23.8 Å². The lowest BCUT2D eigenvalue weighted by Gasteiger charge is -2.40. The van der Waals surface area contributed by atoms with Gasteiger partial charge in [-0.25, -0.2) is 23.4 Å². The van der Waals surface area contributed by atoms with E-state index in [4.69, 9.17) is 0 Å². The summed E-state index contributed by atoms with van der Waals surface area (Å²) in [6.07, 6.45) is -2.26. The molecule has 9 nitrogen and oxygen atoms in total. The fourth-order valence-electron chi connectivity index (χ4n) is 5.27. The van der Waals surface area contributed by atoms with E-state index in [9.17, 15) is 26.7 Å². The number of alkyl halides is 5. The van der Waals surface area contributed by atoms with Gasteiger partial charge in [-0.3, -0.25) is 9.36 Å². The highest BCUT2D eigenvalue weighted by Gasteiger charge is 2.42. The van der Waals surface area contributed by atoms with Gasteiger partial charge in [0, 0.05) is 33.2 Å². The maximum atomic E-state index is 12.9. The second-order valence-corrected chi connectivity index (χ2v) is 9.55. The minimum atomic E-state index is -4.59. The standard InChI is InChI=1S/C22H25F5N8O/c1-13-15(10-28-19(30-13)22(25,26)27)34-8-5-21(12-34)3-6-33(7-4-21)20-31-17-14(18(36)32(20)2)9-29-35(17)11-16(23)24/h9-10,16H,3-8,11-12H2,1-2H3. The zero-order valence-corrected chi connectivity index (χ0v) is 19.8. The van der Waals surface area contributed by atoms with Crippen LogP contribution in [0.5, 0.6) is 0 Å². The average molecular weight is 512 g/mol. The third-order valence-electron chi connectivity index (χ3n) is 7.26. The summed E-state index contributed by atoms with van der Waals surface area (Å²) in [6.45, 7) is 3.47.